The van der Waals surface area contributed by atoms with E-state index in [0.717, 1.165) is 46.6 Å². The van der Waals surface area contributed by atoms with Crippen LogP contribution in [-0.2, 0) is 6.54 Å². The second-order valence-corrected chi connectivity index (χ2v) is 8.24. The fourth-order valence-electron chi connectivity index (χ4n) is 4.05. The van der Waals surface area contributed by atoms with Crippen LogP contribution in [0.15, 0.2) is 41.3 Å². The van der Waals surface area contributed by atoms with E-state index in [0.29, 0.717) is 12.6 Å². The highest BCUT2D eigenvalue weighted by molar-refractivity contribution is 9.10. The number of hydrogen-bond acceptors (Lipinski definition) is 6. The van der Waals surface area contributed by atoms with Crippen molar-refractivity contribution in [2.24, 2.45) is 5.92 Å². The molecule has 0 saturated heterocycles. The molecule has 4 rings (SSSR count). The van der Waals surface area contributed by atoms with Crippen LogP contribution in [0.5, 0.6) is 0 Å². The lowest BCUT2D eigenvalue weighted by molar-refractivity contribution is -0.885. The molecule has 0 radical (unpaired) electrons. The number of aliphatic hydroxyl groups is 1. The average molecular weight is 462 g/mol. The maximum atomic E-state index is 9.73. The van der Waals surface area contributed by atoms with Gasteiger partial charge in [0.15, 0.2) is 5.65 Å². The minimum absolute atomic E-state index is 0.215. The fraction of sp³-hybridized carbons (Fsp3) is 0.450. The van der Waals surface area contributed by atoms with Crippen molar-refractivity contribution >= 4 is 33.2 Å². The maximum absolute atomic E-state index is 9.73. The molecule has 1 saturated carbocycles. The van der Waals surface area contributed by atoms with Crippen molar-refractivity contribution in [2.45, 2.75) is 31.8 Å². The molecule has 2 atom stereocenters. The second kappa shape index (κ2) is 8.54. The quantitative estimate of drug-likeness (QED) is 0.524. The van der Waals surface area contributed by atoms with Gasteiger partial charge in [-0.2, -0.15) is 9.61 Å². The lowest BCUT2D eigenvalue weighted by atomic mass is 10.0. The van der Waals surface area contributed by atoms with Crippen LogP contribution in [0.2, 0.25) is 0 Å². The van der Waals surface area contributed by atoms with Crippen molar-refractivity contribution in [1.82, 2.24) is 14.6 Å². The van der Waals surface area contributed by atoms with Gasteiger partial charge in [-0.15, -0.1) is 0 Å². The Labute approximate surface area is 178 Å². The van der Waals surface area contributed by atoms with E-state index in [1.54, 1.807) is 22.6 Å². The third-order valence-corrected chi connectivity index (χ3v) is 6.21. The zero-order chi connectivity index (χ0) is 20.4. The largest absolute Gasteiger partial charge is 0.396 e. The molecule has 9 heteroatoms. The van der Waals surface area contributed by atoms with E-state index in [-0.39, 0.29) is 12.5 Å². The van der Waals surface area contributed by atoms with Crippen LogP contribution in [0.4, 0.5) is 11.6 Å². The molecular formula is C20H26BrN6O2+. The first-order chi connectivity index (χ1) is 14.1. The first-order valence-corrected chi connectivity index (χ1v) is 10.6. The van der Waals surface area contributed by atoms with Gasteiger partial charge in [-0.1, -0.05) is 6.42 Å². The maximum Gasteiger partial charge on any atom is 0.227 e. The minimum atomic E-state index is 0.215. The SMILES string of the molecule is CO[n+]1cccc(CNc2cc(N(C)[C@@H]3CCC[C@@H]3CO)nc3c(Br)cnn23)c1. The number of anilines is 2. The summed E-state index contributed by atoms with van der Waals surface area (Å²) in [6.45, 7) is 0.832. The Morgan fingerprint density at radius 1 is 1.45 bits per heavy atom. The van der Waals surface area contributed by atoms with Gasteiger partial charge in [0.2, 0.25) is 12.4 Å². The molecule has 29 heavy (non-hydrogen) atoms. The Morgan fingerprint density at radius 3 is 3.10 bits per heavy atom. The molecule has 154 valence electrons. The van der Waals surface area contributed by atoms with Gasteiger partial charge in [0.1, 0.15) is 18.7 Å². The standard InChI is InChI=1S/C20H26BrN6O2/c1-25(17-7-3-6-15(17)13-28)19-9-18(27-20(24-19)16(21)11-23-27)22-10-14-5-4-8-26(12-14)29-2/h4-5,8-9,11-12,15,17,22,28H,3,6-7,10,13H2,1-2H3/q+1/t15-,17-/m1/s1. The number of aromatic nitrogens is 4. The van der Waals surface area contributed by atoms with Gasteiger partial charge in [-0.3, -0.25) is 4.84 Å². The third-order valence-electron chi connectivity index (χ3n) is 5.65. The zero-order valence-electron chi connectivity index (χ0n) is 16.6. The van der Waals surface area contributed by atoms with Gasteiger partial charge in [-0.05, 0) is 34.8 Å². The van der Waals surface area contributed by atoms with Gasteiger partial charge >= 0.3 is 0 Å². The summed E-state index contributed by atoms with van der Waals surface area (Å²) in [6.07, 6.45) is 8.80. The number of rotatable bonds is 7. The molecule has 3 aromatic heterocycles. The number of fused-ring (bicyclic) bond motifs is 1. The summed E-state index contributed by atoms with van der Waals surface area (Å²) in [6, 6.07) is 6.30. The van der Waals surface area contributed by atoms with Crippen LogP contribution in [0, 0.1) is 5.92 Å². The van der Waals surface area contributed by atoms with E-state index in [4.69, 9.17) is 9.82 Å². The van der Waals surface area contributed by atoms with Gasteiger partial charge < -0.3 is 15.3 Å². The number of nitrogens with one attached hydrogen (secondary N) is 1. The summed E-state index contributed by atoms with van der Waals surface area (Å²) in [4.78, 5) is 12.3. The Balaban J connectivity index is 1.64. The number of hydrogen-bond donors (Lipinski definition) is 2. The van der Waals surface area contributed by atoms with E-state index < -0.39 is 0 Å². The molecule has 0 unspecified atom stereocenters. The highest BCUT2D eigenvalue weighted by Crippen LogP contribution is 2.33. The molecule has 8 nitrogen and oxygen atoms in total. The van der Waals surface area contributed by atoms with E-state index >= 15 is 0 Å². The van der Waals surface area contributed by atoms with Crippen molar-refractivity contribution < 1.29 is 14.7 Å². The van der Waals surface area contributed by atoms with Crippen molar-refractivity contribution in [3.05, 3.63) is 46.8 Å². The van der Waals surface area contributed by atoms with Gasteiger partial charge in [-0.25, -0.2) is 4.98 Å². The van der Waals surface area contributed by atoms with Crippen molar-refractivity contribution in [3.63, 3.8) is 0 Å². The average Bonchev–Trinajstić information content (AvgIpc) is 3.38. The Bertz CT molecular complexity index is 994. The molecular weight excluding hydrogens is 436 g/mol. The predicted molar refractivity (Wildman–Crippen MR) is 114 cm³/mol. The topological polar surface area (TPSA) is 78.8 Å². The van der Waals surface area contributed by atoms with E-state index in [9.17, 15) is 5.11 Å². The van der Waals surface area contributed by atoms with Gasteiger partial charge in [0.05, 0.1) is 10.7 Å². The molecule has 1 fully saturated rings. The molecule has 3 aromatic rings. The van der Waals surface area contributed by atoms with Crippen LogP contribution in [-0.4, -0.2) is 46.5 Å². The van der Waals surface area contributed by atoms with Crippen LogP contribution in [0.25, 0.3) is 5.65 Å². The smallest absolute Gasteiger partial charge is 0.227 e. The molecule has 3 heterocycles. The molecule has 0 aromatic carbocycles. The highest BCUT2D eigenvalue weighted by atomic mass is 79.9. The van der Waals surface area contributed by atoms with Crippen molar-refractivity contribution in [1.29, 1.82) is 0 Å². The zero-order valence-corrected chi connectivity index (χ0v) is 18.2. The summed E-state index contributed by atoms with van der Waals surface area (Å²) in [7, 11) is 3.69. The molecule has 0 spiro atoms. The lowest BCUT2D eigenvalue weighted by Gasteiger charge is -2.30. The Hall–Kier alpha value is -2.39. The first-order valence-electron chi connectivity index (χ1n) is 9.77. The normalized spacial score (nSPS) is 18.9. The van der Waals surface area contributed by atoms with Crippen LogP contribution < -0.4 is 19.8 Å². The first kappa shape index (κ1) is 19.9. The van der Waals surface area contributed by atoms with Crippen molar-refractivity contribution in [3.8, 4) is 0 Å². The second-order valence-electron chi connectivity index (χ2n) is 7.39. The number of pyridine rings is 1. The van der Waals surface area contributed by atoms with Gasteiger partial charge in [0, 0.05) is 54.6 Å². The van der Waals surface area contributed by atoms with Crippen LogP contribution in [0.3, 0.4) is 0 Å². The van der Waals surface area contributed by atoms with E-state index in [1.165, 1.54) is 0 Å². The van der Waals surface area contributed by atoms with Crippen LogP contribution in [0.1, 0.15) is 24.8 Å². The van der Waals surface area contributed by atoms with E-state index in [2.05, 4.69) is 38.3 Å². The molecule has 2 N–H and O–H groups in total. The number of nitrogens with zero attached hydrogens (tertiary/aromatic N) is 5. The summed E-state index contributed by atoms with van der Waals surface area (Å²) in [5.74, 6) is 2.01. The molecule has 1 aliphatic carbocycles. The number of halogens is 1. The predicted octanol–water partition coefficient (Wildman–Crippen LogP) is 2.05. The van der Waals surface area contributed by atoms with Gasteiger partial charge in [0.25, 0.3) is 0 Å². The Morgan fingerprint density at radius 2 is 2.31 bits per heavy atom. The summed E-state index contributed by atoms with van der Waals surface area (Å²) < 4.78 is 4.31. The minimum Gasteiger partial charge on any atom is -0.396 e. The van der Waals surface area contributed by atoms with E-state index in [1.807, 2.05) is 30.6 Å². The molecule has 1 aliphatic rings. The lowest BCUT2D eigenvalue weighted by Crippen LogP contribution is -2.40. The third kappa shape index (κ3) is 4.02. The summed E-state index contributed by atoms with van der Waals surface area (Å²) >= 11 is 3.56. The van der Waals surface area contributed by atoms with Crippen molar-refractivity contribution in [2.75, 3.05) is 31.0 Å². The number of aliphatic hydroxyl groups excluding tert-OH is 1. The monoisotopic (exact) mass is 461 g/mol. The fourth-order valence-corrected chi connectivity index (χ4v) is 4.40. The molecule has 0 amide bonds. The van der Waals surface area contributed by atoms with Crippen LogP contribution >= 0.6 is 15.9 Å². The highest BCUT2D eigenvalue weighted by Gasteiger charge is 2.31. The summed E-state index contributed by atoms with van der Waals surface area (Å²) in [5.41, 5.74) is 1.84. The summed E-state index contributed by atoms with van der Waals surface area (Å²) in [5, 5.41) is 17.7. The molecule has 0 bridgehead atoms. The Kier molecular flexibility index (Phi) is 5.86. The molecule has 0 aliphatic heterocycles.